The Kier molecular flexibility index (Phi) is 3.51. The van der Waals surface area contributed by atoms with Crippen LogP contribution in [0.5, 0.6) is 0 Å². The number of hydrogen-bond donors (Lipinski definition) is 1. The summed E-state index contributed by atoms with van der Waals surface area (Å²) in [6, 6.07) is 7.87. The Morgan fingerprint density at radius 2 is 2.25 bits per heavy atom. The highest BCUT2D eigenvalue weighted by molar-refractivity contribution is 7.98. The van der Waals surface area contributed by atoms with E-state index < -0.39 is 0 Å². The van der Waals surface area contributed by atoms with E-state index in [0.29, 0.717) is 6.54 Å². The van der Waals surface area contributed by atoms with Crippen molar-refractivity contribution >= 4 is 17.7 Å². The molecule has 2 N–H and O–H groups in total. The van der Waals surface area contributed by atoms with Crippen LogP contribution in [0.3, 0.4) is 0 Å². The summed E-state index contributed by atoms with van der Waals surface area (Å²) in [5.41, 5.74) is 6.61. The first-order chi connectivity index (χ1) is 7.72. The van der Waals surface area contributed by atoms with Crippen molar-refractivity contribution in [3.63, 3.8) is 0 Å². The van der Waals surface area contributed by atoms with Crippen LogP contribution >= 0.6 is 11.8 Å². The van der Waals surface area contributed by atoms with E-state index in [1.54, 1.807) is 11.8 Å². The lowest BCUT2D eigenvalue weighted by molar-refractivity contribution is 0.0787. The number of likely N-dealkylation sites (tertiary alicyclic amines) is 1. The Balaban J connectivity index is 2.20. The van der Waals surface area contributed by atoms with Crippen LogP contribution in [0.4, 0.5) is 0 Å². The molecule has 1 saturated heterocycles. The van der Waals surface area contributed by atoms with Gasteiger partial charge in [-0.3, -0.25) is 4.79 Å². The Bertz CT molecular complexity index is 394. The summed E-state index contributed by atoms with van der Waals surface area (Å²) in [5, 5.41) is 0. The summed E-state index contributed by atoms with van der Waals surface area (Å²) in [5.74, 6) is 0.109. The molecule has 1 atom stereocenters. The molecule has 0 bridgehead atoms. The van der Waals surface area contributed by atoms with Gasteiger partial charge in [0.2, 0.25) is 0 Å². The maximum Gasteiger partial charge on any atom is 0.255 e. The molecular weight excluding hydrogens is 220 g/mol. The molecule has 1 aliphatic rings. The van der Waals surface area contributed by atoms with Crippen LogP contribution in [-0.2, 0) is 0 Å². The average molecular weight is 236 g/mol. The van der Waals surface area contributed by atoms with E-state index in [9.17, 15) is 4.79 Å². The number of carbonyl (C=O) groups is 1. The number of thioether (sulfide) groups is 1. The molecule has 0 aliphatic carbocycles. The molecule has 0 unspecified atom stereocenters. The Hall–Kier alpha value is -1.00. The lowest BCUT2D eigenvalue weighted by Gasteiger charge is -2.17. The van der Waals surface area contributed by atoms with Gasteiger partial charge in [-0.05, 0) is 24.8 Å². The Morgan fingerprint density at radius 1 is 1.50 bits per heavy atom. The fraction of sp³-hybridized carbons (Fsp3) is 0.417. The largest absolute Gasteiger partial charge is 0.337 e. The zero-order chi connectivity index (χ0) is 11.5. The molecule has 1 fully saturated rings. The minimum absolute atomic E-state index is 0.109. The third kappa shape index (κ3) is 2.23. The second-order valence-corrected chi connectivity index (χ2v) is 4.85. The van der Waals surface area contributed by atoms with Gasteiger partial charge in [-0.15, -0.1) is 11.8 Å². The molecule has 0 radical (unpaired) electrons. The van der Waals surface area contributed by atoms with Gasteiger partial charge in [-0.2, -0.15) is 0 Å². The van der Waals surface area contributed by atoms with Crippen LogP contribution in [0.15, 0.2) is 29.2 Å². The van der Waals surface area contributed by atoms with E-state index >= 15 is 0 Å². The van der Waals surface area contributed by atoms with Crippen LogP contribution < -0.4 is 5.73 Å². The Morgan fingerprint density at radius 3 is 2.88 bits per heavy atom. The minimum Gasteiger partial charge on any atom is -0.337 e. The maximum absolute atomic E-state index is 12.2. The van der Waals surface area contributed by atoms with Crippen LogP contribution in [0, 0.1) is 0 Å². The van der Waals surface area contributed by atoms with Gasteiger partial charge in [-0.25, -0.2) is 0 Å². The van der Waals surface area contributed by atoms with E-state index in [1.807, 2.05) is 35.4 Å². The monoisotopic (exact) mass is 236 g/mol. The van der Waals surface area contributed by atoms with E-state index in [2.05, 4.69) is 0 Å². The third-order valence-corrected chi connectivity index (χ3v) is 3.65. The van der Waals surface area contributed by atoms with Crippen molar-refractivity contribution in [1.82, 2.24) is 4.90 Å². The minimum atomic E-state index is 0.109. The number of nitrogens with two attached hydrogens (primary N) is 1. The van der Waals surface area contributed by atoms with Crippen molar-refractivity contribution < 1.29 is 4.79 Å². The first kappa shape index (κ1) is 11.5. The number of carbonyl (C=O) groups excluding carboxylic acids is 1. The summed E-state index contributed by atoms with van der Waals surface area (Å²) < 4.78 is 0. The number of benzene rings is 1. The number of hydrogen-bond acceptors (Lipinski definition) is 3. The lowest BCUT2D eigenvalue weighted by atomic mass is 10.2. The quantitative estimate of drug-likeness (QED) is 0.793. The smallest absolute Gasteiger partial charge is 0.255 e. The van der Waals surface area contributed by atoms with E-state index in [0.717, 1.165) is 23.4 Å². The van der Waals surface area contributed by atoms with Crippen molar-refractivity contribution in [2.24, 2.45) is 5.73 Å². The molecule has 4 heteroatoms. The molecule has 86 valence electrons. The number of amides is 1. The van der Waals surface area contributed by atoms with Gasteiger partial charge in [-0.1, -0.05) is 12.1 Å². The van der Waals surface area contributed by atoms with E-state index in [4.69, 9.17) is 5.73 Å². The van der Waals surface area contributed by atoms with E-state index in [1.165, 1.54) is 0 Å². The molecule has 1 aromatic rings. The summed E-state index contributed by atoms with van der Waals surface area (Å²) in [7, 11) is 0. The third-order valence-electron chi connectivity index (χ3n) is 2.85. The SMILES string of the molecule is CSc1ccccc1C(=O)N1CC[C@H](N)C1. The first-order valence-corrected chi connectivity index (χ1v) is 6.62. The molecule has 1 heterocycles. The van der Waals surface area contributed by atoms with Gasteiger partial charge < -0.3 is 10.6 Å². The van der Waals surface area contributed by atoms with Crippen molar-refractivity contribution in [2.75, 3.05) is 19.3 Å². The van der Waals surface area contributed by atoms with Crippen LogP contribution in [-0.4, -0.2) is 36.2 Å². The number of nitrogens with zero attached hydrogens (tertiary/aromatic N) is 1. The molecule has 1 aliphatic heterocycles. The predicted molar refractivity (Wildman–Crippen MR) is 66.7 cm³/mol. The van der Waals surface area contributed by atoms with Crippen molar-refractivity contribution in [3.05, 3.63) is 29.8 Å². The summed E-state index contributed by atoms with van der Waals surface area (Å²) >= 11 is 1.60. The molecule has 3 nitrogen and oxygen atoms in total. The Labute approximate surface area is 100.0 Å². The summed E-state index contributed by atoms with van der Waals surface area (Å²) in [6.07, 6.45) is 2.90. The molecule has 1 aromatic carbocycles. The molecule has 0 spiro atoms. The van der Waals surface area contributed by atoms with Crippen molar-refractivity contribution in [1.29, 1.82) is 0 Å². The highest BCUT2D eigenvalue weighted by Crippen LogP contribution is 2.22. The average Bonchev–Trinajstić information content (AvgIpc) is 2.75. The fourth-order valence-corrected chi connectivity index (χ4v) is 2.55. The molecule has 2 rings (SSSR count). The summed E-state index contributed by atoms with van der Waals surface area (Å²) in [6.45, 7) is 1.46. The molecule has 0 aromatic heterocycles. The zero-order valence-corrected chi connectivity index (χ0v) is 10.2. The van der Waals surface area contributed by atoms with Gasteiger partial charge in [0.15, 0.2) is 0 Å². The van der Waals surface area contributed by atoms with E-state index in [-0.39, 0.29) is 11.9 Å². The highest BCUT2D eigenvalue weighted by Gasteiger charge is 2.25. The zero-order valence-electron chi connectivity index (χ0n) is 9.35. The predicted octanol–water partition coefficient (Wildman–Crippen LogP) is 1.58. The summed E-state index contributed by atoms with van der Waals surface area (Å²) in [4.78, 5) is 15.1. The highest BCUT2D eigenvalue weighted by atomic mass is 32.2. The van der Waals surface area contributed by atoms with Crippen LogP contribution in [0.25, 0.3) is 0 Å². The standard InChI is InChI=1S/C12H16N2OS/c1-16-11-5-3-2-4-10(11)12(15)14-7-6-9(13)8-14/h2-5,9H,6-8,13H2,1H3/t9-/m0/s1. The van der Waals surface area contributed by atoms with Gasteiger partial charge in [0.05, 0.1) is 5.56 Å². The lowest BCUT2D eigenvalue weighted by Crippen LogP contribution is -2.32. The maximum atomic E-state index is 12.2. The number of rotatable bonds is 2. The second kappa shape index (κ2) is 4.89. The molecular formula is C12H16N2OS. The van der Waals surface area contributed by atoms with Crippen LogP contribution in [0.1, 0.15) is 16.8 Å². The molecule has 1 amide bonds. The first-order valence-electron chi connectivity index (χ1n) is 5.40. The topological polar surface area (TPSA) is 46.3 Å². The second-order valence-electron chi connectivity index (χ2n) is 4.00. The fourth-order valence-electron chi connectivity index (χ4n) is 1.96. The van der Waals surface area contributed by atoms with Gasteiger partial charge in [0.25, 0.3) is 5.91 Å². The van der Waals surface area contributed by atoms with Gasteiger partial charge >= 0.3 is 0 Å². The van der Waals surface area contributed by atoms with Crippen molar-refractivity contribution in [2.45, 2.75) is 17.4 Å². The van der Waals surface area contributed by atoms with Crippen LogP contribution in [0.2, 0.25) is 0 Å². The molecule has 0 saturated carbocycles. The van der Waals surface area contributed by atoms with Gasteiger partial charge in [0.1, 0.15) is 0 Å². The molecule has 16 heavy (non-hydrogen) atoms. The normalized spacial score (nSPS) is 20.1. The van der Waals surface area contributed by atoms with Gasteiger partial charge in [0, 0.05) is 24.0 Å². The van der Waals surface area contributed by atoms with Crippen molar-refractivity contribution in [3.8, 4) is 0 Å².